The summed E-state index contributed by atoms with van der Waals surface area (Å²) in [6.07, 6.45) is 4.71. The Labute approximate surface area is 206 Å². The van der Waals surface area contributed by atoms with Gasteiger partial charge in [-0.15, -0.1) is 0 Å². The van der Waals surface area contributed by atoms with Gasteiger partial charge in [0, 0.05) is 30.6 Å². The molecule has 7 heteroatoms. The monoisotopic (exact) mass is 480 g/mol. The van der Waals surface area contributed by atoms with Crippen LogP contribution in [0.1, 0.15) is 46.1 Å². The van der Waals surface area contributed by atoms with Crippen molar-refractivity contribution in [1.82, 2.24) is 0 Å². The number of aliphatic hydroxyl groups excluding tert-OH is 1. The molecule has 7 atom stereocenters. The molecule has 0 amide bonds. The van der Waals surface area contributed by atoms with Crippen molar-refractivity contribution in [2.24, 2.45) is 33.9 Å². The van der Waals surface area contributed by atoms with E-state index < -0.39 is 34.3 Å². The zero-order chi connectivity index (χ0) is 25.2. The van der Waals surface area contributed by atoms with Gasteiger partial charge in [-0.05, 0) is 42.9 Å². The van der Waals surface area contributed by atoms with E-state index >= 15 is 0 Å². The summed E-state index contributed by atoms with van der Waals surface area (Å²) in [5, 5.41) is 43.6. The van der Waals surface area contributed by atoms with E-state index in [-0.39, 0.29) is 30.6 Å². The van der Waals surface area contributed by atoms with Gasteiger partial charge in [-0.3, -0.25) is 4.79 Å². The highest BCUT2D eigenvalue weighted by Gasteiger charge is 2.70. The third-order valence-electron chi connectivity index (χ3n) is 8.74. The fourth-order valence-electron chi connectivity index (χ4n) is 7.16. The number of ketones is 1. The maximum absolute atomic E-state index is 13.1. The van der Waals surface area contributed by atoms with E-state index in [1.54, 1.807) is 13.0 Å². The number of rotatable bonds is 5. The second-order valence-electron chi connectivity index (χ2n) is 11.5. The van der Waals surface area contributed by atoms with E-state index in [9.17, 15) is 20.1 Å². The first-order valence-electron chi connectivity index (χ1n) is 12.6. The number of aliphatic hydroxyl groups is 3. The molecule has 1 saturated carbocycles. The van der Waals surface area contributed by atoms with Gasteiger partial charge in [-0.1, -0.05) is 56.3 Å². The quantitative estimate of drug-likeness (QED) is 0.560. The van der Waals surface area contributed by atoms with Crippen molar-refractivity contribution in [3.63, 3.8) is 0 Å². The smallest absolute Gasteiger partial charge is 0.185 e. The Morgan fingerprint density at radius 2 is 1.80 bits per heavy atom. The summed E-state index contributed by atoms with van der Waals surface area (Å²) in [7, 11) is 0. The van der Waals surface area contributed by atoms with Crippen LogP contribution >= 0.6 is 0 Å². The van der Waals surface area contributed by atoms with Gasteiger partial charge in [-0.25, -0.2) is 0 Å². The number of fused-ring (bicyclic) bond motifs is 5. The molecule has 4 aliphatic rings. The second kappa shape index (κ2) is 8.17. The number of ether oxygens (including phenoxy) is 1. The molecule has 0 saturated heterocycles. The molecule has 0 spiro atoms. The van der Waals surface area contributed by atoms with E-state index in [2.05, 4.69) is 17.2 Å². The lowest BCUT2D eigenvalue weighted by atomic mass is 9.54. The zero-order valence-electron chi connectivity index (χ0n) is 20.9. The maximum atomic E-state index is 13.1. The summed E-state index contributed by atoms with van der Waals surface area (Å²) in [6.45, 7) is 7.80. The SMILES string of the molecule is CC1C=C2[C@](O)(CC(CO)=C[C@H]3[C@@H]4C(C)(C)N=NC4(OCCc4ccccc4)C[C@@H](C)[C@]23O)C1=O. The number of nitrogens with zero attached hydrogens (tertiary/aromatic N) is 2. The van der Waals surface area contributed by atoms with Crippen molar-refractivity contribution < 1.29 is 24.9 Å². The summed E-state index contributed by atoms with van der Waals surface area (Å²) >= 11 is 0. The van der Waals surface area contributed by atoms with Crippen LogP contribution in [0.5, 0.6) is 0 Å². The molecule has 1 fully saturated rings. The Balaban J connectivity index is 1.58. The van der Waals surface area contributed by atoms with E-state index in [4.69, 9.17) is 9.85 Å². The number of Topliss-reactive ketones (excluding diaryl/α,β-unsaturated/α-hetero) is 1. The van der Waals surface area contributed by atoms with Gasteiger partial charge in [0.05, 0.1) is 24.4 Å². The maximum Gasteiger partial charge on any atom is 0.185 e. The van der Waals surface area contributed by atoms with E-state index in [1.165, 1.54) is 5.56 Å². The number of carbonyl (C=O) groups excluding carboxylic acids is 1. The highest BCUT2D eigenvalue weighted by Crippen LogP contribution is 2.63. The third kappa shape index (κ3) is 3.50. The van der Waals surface area contributed by atoms with Crippen LogP contribution < -0.4 is 0 Å². The molecule has 1 heterocycles. The third-order valence-corrected chi connectivity index (χ3v) is 8.74. The summed E-state index contributed by atoms with van der Waals surface area (Å²) < 4.78 is 6.57. The number of allylic oxidation sites excluding steroid dienone is 1. The molecule has 1 aromatic rings. The summed E-state index contributed by atoms with van der Waals surface area (Å²) in [5.41, 5.74) is -2.84. The number of hydrogen-bond acceptors (Lipinski definition) is 7. The molecule has 1 aromatic carbocycles. The van der Waals surface area contributed by atoms with Gasteiger partial charge in [0.15, 0.2) is 17.1 Å². The topological polar surface area (TPSA) is 112 Å². The average Bonchev–Trinajstić information content (AvgIpc) is 3.17. The Kier molecular flexibility index (Phi) is 5.72. The van der Waals surface area contributed by atoms with E-state index in [1.807, 2.05) is 45.0 Å². The molecule has 35 heavy (non-hydrogen) atoms. The molecule has 0 radical (unpaired) electrons. The first kappa shape index (κ1) is 24.5. The van der Waals surface area contributed by atoms with Gasteiger partial charge >= 0.3 is 0 Å². The van der Waals surface area contributed by atoms with Crippen molar-refractivity contribution in [2.75, 3.05) is 13.2 Å². The largest absolute Gasteiger partial charge is 0.392 e. The van der Waals surface area contributed by atoms with Gasteiger partial charge in [0.2, 0.25) is 0 Å². The number of benzene rings is 1. The number of carbonyl (C=O) groups is 1. The zero-order valence-corrected chi connectivity index (χ0v) is 20.9. The summed E-state index contributed by atoms with van der Waals surface area (Å²) in [6, 6.07) is 10.1. The molecular formula is C28H36N2O5. The lowest BCUT2D eigenvalue weighted by Gasteiger charge is -2.55. The molecule has 7 nitrogen and oxygen atoms in total. The van der Waals surface area contributed by atoms with Crippen LogP contribution in [0.2, 0.25) is 0 Å². The Morgan fingerprint density at radius 1 is 1.09 bits per heavy atom. The van der Waals surface area contributed by atoms with E-state index in [0.29, 0.717) is 24.2 Å². The Morgan fingerprint density at radius 3 is 2.49 bits per heavy atom. The lowest BCUT2D eigenvalue weighted by Crippen LogP contribution is -2.65. The molecule has 0 aromatic heterocycles. The van der Waals surface area contributed by atoms with Crippen LogP contribution in [0.25, 0.3) is 0 Å². The van der Waals surface area contributed by atoms with Crippen molar-refractivity contribution >= 4 is 5.78 Å². The molecule has 3 N–H and O–H groups in total. The van der Waals surface area contributed by atoms with Crippen LogP contribution in [0.4, 0.5) is 0 Å². The normalized spacial score (nSPS) is 41.5. The van der Waals surface area contributed by atoms with Crippen LogP contribution in [-0.4, -0.2) is 56.8 Å². The van der Waals surface area contributed by atoms with Crippen molar-refractivity contribution in [2.45, 2.75) is 69.4 Å². The molecule has 5 rings (SSSR count). The van der Waals surface area contributed by atoms with Crippen LogP contribution in [0, 0.1) is 23.7 Å². The van der Waals surface area contributed by atoms with Crippen LogP contribution in [-0.2, 0) is 16.0 Å². The minimum Gasteiger partial charge on any atom is -0.392 e. The van der Waals surface area contributed by atoms with Crippen molar-refractivity contribution in [1.29, 1.82) is 0 Å². The molecule has 3 aliphatic carbocycles. The van der Waals surface area contributed by atoms with Gasteiger partial charge in [0.25, 0.3) is 0 Å². The molecule has 188 valence electrons. The molecule has 0 bridgehead atoms. The summed E-state index contributed by atoms with van der Waals surface area (Å²) in [5.74, 6) is -2.11. The van der Waals surface area contributed by atoms with Gasteiger partial charge < -0.3 is 20.1 Å². The Hall–Kier alpha value is -2.19. The molecular weight excluding hydrogens is 444 g/mol. The summed E-state index contributed by atoms with van der Waals surface area (Å²) in [4.78, 5) is 13.1. The van der Waals surface area contributed by atoms with Crippen molar-refractivity contribution in [3.8, 4) is 0 Å². The average molecular weight is 481 g/mol. The van der Waals surface area contributed by atoms with Gasteiger partial charge in [0.1, 0.15) is 0 Å². The lowest BCUT2D eigenvalue weighted by molar-refractivity contribution is -0.190. The minimum atomic E-state index is -1.82. The second-order valence-corrected chi connectivity index (χ2v) is 11.5. The molecule has 2 unspecified atom stereocenters. The standard InChI is InChI=1S/C28H36N2O5/c1-17-12-22-26(33,24(17)32)15-20(16-31)13-21-23-25(3,4)29-30-27(23,14-18(2)28(21,22)34)35-11-10-19-8-6-5-7-9-19/h5-9,12-13,17-18,21,23,31,33-34H,10-11,14-16H2,1-4H3/t17?,18-,21+,23-,26-,27?,28-/m1/s1. The van der Waals surface area contributed by atoms with Crippen LogP contribution in [0.15, 0.2) is 63.9 Å². The van der Waals surface area contributed by atoms with Crippen LogP contribution in [0.3, 0.4) is 0 Å². The minimum absolute atomic E-state index is 0.0205. The highest BCUT2D eigenvalue weighted by molar-refractivity contribution is 5.98. The van der Waals surface area contributed by atoms with Crippen molar-refractivity contribution in [3.05, 3.63) is 59.2 Å². The predicted molar refractivity (Wildman–Crippen MR) is 130 cm³/mol. The van der Waals surface area contributed by atoms with E-state index in [0.717, 1.165) is 6.42 Å². The predicted octanol–water partition coefficient (Wildman–Crippen LogP) is 3.39. The first-order valence-corrected chi connectivity index (χ1v) is 12.6. The molecule has 1 aliphatic heterocycles. The van der Waals surface area contributed by atoms with Gasteiger partial charge in [-0.2, -0.15) is 10.2 Å². The fraction of sp³-hybridized carbons (Fsp3) is 0.607. The Bertz CT molecular complexity index is 1110. The fourth-order valence-corrected chi connectivity index (χ4v) is 7.16. The number of azo groups is 1. The first-order chi connectivity index (χ1) is 16.5. The number of hydrogen-bond donors (Lipinski definition) is 3. The highest BCUT2D eigenvalue weighted by atomic mass is 16.5.